The van der Waals surface area contributed by atoms with Crippen LogP contribution in [0.5, 0.6) is 11.5 Å². The average Bonchev–Trinajstić information content (AvgIpc) is 3.02. The van der Waals surface area contributed by atoms with E-state index in [0.29, 0.717) is 5.75 Å². The van der Waals surface area contributed by atoms with Gasteiger partial charge in [-0.15, -0.1) is 0 Å². The second-order valence-corrected chi connectivity index (χ2v) is 13.3. The molecule has 0 radical (unpaired) electrons. The van der Waals surface area contributed by atoms with Crippen molar-refractivity contribution in [2.45, 2.75) is 76.4 Å². The first-order chi connectivity index (χ1) is 21.0. The van der Waals surface area contributed by atoms with Crippen molar-refractivity contribution in [2.75, 3.05) is 25.1 Å². The molecule has 1 fully saturated rings. The molecule has 3 aromatic carbocycles. The quantitative estimate of drug-likeness (QED) is 0.291. The fourth-order valence-electron chi connectivity index (χ4n) is 5.50. The van der Waals surface area contributed by atoms with Crippen molar-refractivity contribution >= 4 is 27.5 Å². The van der Waals surface area contributed by atoms with E-state index in [0.717, 1.165) is 53.1 Å². The van der Waals surface area contributed by atoms with Gasteiger partial charge in [0.05, 0.1) is 24.8 Å². The molecule has 9 nitrogen and oxygen atoms in total. The van der Waals surface area contributed by atoms with Gasteiger partial charge in [0.2, 0.25) is 11.8 Å². The van der Waals surface area contributed by atoms with Crippen molar-refractivity contribution in [1.82, 2.24) is 10.2 Å². The second-order valence-electron chi connectivity index (χ2n) is 11.4. The smallest absolute Gasteiger partial charge is 0.264 e. The maximum absolute atomic E-state index is 14.3. The monoisotopic (exact) mass is 621 g/mol. The Labute approximate surface area is 261 Å². The van der Waals surface area contributed by atoms with Crippen LogP contribution in [-0.2, 0) is 26.2 Å². The van der Waals surface area contributed by atoms with E-state index in [1.54, 1.807) is 31.2 Å². The van der Waals surface area contributed by atoms with Crippen LogP contribution in [0.25, 0.3) is 0 Å². The van der Waals surface area contributed by atoms with Crippen LogP contribution in [0.3, 0.4) is 0 Å². The Kier molecular flexibility index (Phi) is 10.9. The highest BCUT2D eigenvalue weighted by Crippen LogP contribution is 2.36. The molecule has 4 rings (SSSR count). The summed E-state index contributed by atoms with van der Waals surface area (Å²) >= 11 is 0. The number of anilines is 1. The summed E-state index contributed by atoms with van der Waals surface area (Å²) in [5.41, 5.74) is 2.89. The summed E-state index contributed by atoms with van der Waals surface area (Å²) in [6, 6.07) is 18.1. The summed E-state index contributed by atoms with van der Waals surface area (Å²) in [7, 11) is -1.34. The molecular formula is C34H43N3O6S. The molecule has 1 aliphatic carbocycles. The van der Waals surface area contributed by atoms with E-state index < -0.39 is 28.5 Å². The maximum Gasteiger partial charge on any atom is 0.264 e. The molecule has 3 aromatic rings. The van der Waals surface area contributed by atoms with Gasteiger partial charge < -0.3 is 19.7 Å². The molecule has 0 saturated heterocycles. The summed E-state index contributed by atoms with van der Waals surface area (Å²) in [6.07, 6.45) is 5.07. The van der Waals surface area contributed by atoms with E-state index >= 15 is 0 Å². The molecule has 1 N–H and O–H groups in total. The molecule has 10 heteroatoms. The van der Waals surface area contributed by atoms with Gasteiger partial charge in [-0.3, -0.25) is 13.9 Å². The van der Waals surface area contributed by atoms with Crippen molar-refractivity contribution in [3.8, 4) is 11.5 Å². The number of carbonyl (C=O) groups excluding carboxylic acids is 2. The highest BCUT2D eigenvalue weighted by Gasteiger charge is 2.34. The van der Waals surface area contributed by atoms with E-state index in [-0.39, 0.29) is 34.8 Å². The summed E-state index contributed by atoms with van der Waals surface area (Å²) in [5, 5.41) is 3.13. The lowest BCUT2D eigenvalue weighted by molar-refractivity contribution is -0.139. The Hall–Kier alpha value is -4.05. The number of sulfonamides is 1. The predicted octanol–water partition coefficient (Wildman–Crippen LogP) is 5.38. The molecule has 1 aliphatic rings. The Morgan fingerprint density at radius 2 is 1.61 bits per heavy atom. The van der Waals surface area contributed by atoms with Crippen LogP contribution in [0.2, 0.25) is 0 Å². The number of aryl methyl sites for hydroxylation is 2. The fraction of sp³-hybridized carbons (Fsp3) is 0.412. The molecule has 0 heterocycles. The Bertz CT molecular complexity index is 1550. The van der Waals surface area contributed by atoms with Crippen LogP contribution in [0.4, 0.5) is 5.69 Å². The standard InChI is InChI=1S/C34H43N3O6S/c1-24-14-17-30(18-15-24)44(40,41)37(31-21-29(42-4)16-19-32(31)43-5)23-33(38)36(22-27-11-9-10-25(2)20-27)26(3)34(39)35-28-12-7-6-8-13-28/h9-11,14-21,26,28H,6-8,12-13,22-23H2,1-5H3,(H,35,39)/t26-/m1/s1. The zero-order chi connectivity index (χ0) is 31.9. The first-order valence-electron chi connectivity index (χ1n) is 15.0. The number of rotatable bonds is 12. The van der Waals surface area contributed by atoms with Gasteiger partial charge in [0.15, 0.2) is 0 Å². The molecule has 0 aliphatic heterocycles. The number of benzene rings is 3. The lowest BCUT2D eigenvalue weighted by atomic mass is 9.95. The molecule has 0 aromatic heterocycles. The summed E-state index contributed by atoms with van der Waals surface area (Å²) in [6.45, 7) is 5.09. The van der Waals surface area contributed by atoms with Crippen LogP contribution in [0, 0.1) is 13.8 Å². The van der Waals surface area contributed by atoms with Gasteiger partial charge in [-0.1, -0.05) is 66.8 Å². The number of carbonyl (C=O) groups is 2. The van der Waals surface area contributed by atoms with E-state index in [1.165, 1.54) is 37.3 Å². The van der Waals surface area contributed by atoms with Gasteiger partial charge in [0.1, 0.15) is 24.1 Å². The molecule has 236 valence electrons. The summed E-state index contributed by atoms with van der Waals surface area (Å²) < 4.78 is 40.4. The zero-order valence-electron chi connectivity index (χ0n) is 26.2. The van der Waals surface area contributed by atoms with Crippen molar-refractivity contribution in [3.05, 3.63) is 83.4 Å². The van der Waals surface area contributed by atoms with Crippen LogP contribution in [0.15, 0.2) is 71.6 Å². The van der Waals surface area contributed by atoms with Crippen LogP contribution >= 0.6 is 0 Å². The number of nitrogens with zero attached hydrogens (tertiary/aromatic N) is 2. The van der Waals surface area contributed by atoms with Gasteiger partial charge in [0.25, 0.3) is 10.0 Å². The molecule has 1 saturated carbocycles. The lowest BCUT2D eigenvalue weighted by Crippen LogP contribution is -2.53. The van der Waals surface area contributed by atoms with Crippen LogP contribution in [-0.4, -0.2) is 58.0 Å². The molecule has 44 heavy (non-hydrogen) atoms. The van der Waals surface area contributed by atoms with Gasteiger partial charge in [-0.05, 0) is 63.4 Å². The molecule has 2 amide bonds. The lowest BCUT2D eigenvalue weighted by Gasteiger charge is -2.33. The number of ether oxygens (including phenoxy) is 2. The zero-order valence-corrected chi connectivity index (χ0v) is 27.0. The first-order valence-corrected chi connectivity index (χ1v) is 16.4. The predicted molar refractivity (Wildman–Crippen MR) is 171 cm³/mol. The Morgan fingerprint density at radius 3 is 2.25 bits per heavy atom. The van der Waals surface area contributed by atoms with E-state index in [1.807, 2.05) is 38.1 Å². The van der Waals surface area contributed by atoms with Crippen molar-refractivity contribution < 1.29 is 27.5 Å². The van der Waals surface area contributed by atoms with E-state index in [2.05, 4.69) is 5.32 Å². The molecule has 0 spiro atoms. The molecule has 1 atom stereocenters. The van der Waals surface area contributed by atoms with Crippen LogP contribution < -0.4 is 19.1 Å². The van der Waals surface area contributed by atoms with Gasteiger partial charge in [-0.2, -0.15) is 0 Å². The van der Waals surface area contributed by atoms with Gasteiger partial charge in [0, 0.05) is 18.7 Å². The fourth-order valence-corrected chi connectivity index (χ4v) is 6.92. The number of methoxy groups -OCH3 is 2. The van der Waals surface area contributed by atoms with Crippen molar-refractivity contribution in [2.24, 2.45) is 0 Å². The highest BCUT2D eigenvalue weighted by molar-refractivity contribution is 7.92. The number of hydrogen-bond acceptors (Lipinski definition) is 6. The topological polar surface area (TPSA) is 105 Å². The minimum Gasteiger partial charge on any atom is -0.497 e. The third-order valence-corrected chi connectivity index (χ3v) is 9.87. The molecular weight excluding hydrogens is 578 g/mol. The summed E-state index contributed by atoms with van der Waals surface area (Å²) in [4.78, 5) is 29.3. The highest BCUT2D eigenvalue weighted by atomic mass is 32.2. The minimum absolute atomic E-state index is 0.0223. The van der Waals surface area contributed by atoms with Gasteiger partial charge in [-0.25, -0.2) is 8.42 Å². The van der Waals surface area contributed by atoms with E-state index in [9.17, 15) is 18.0 Å². The normalized spacial score (nSPS) is 14.4. The number of amides is 2. The number of hydrogen-bond donors (Lipinski definition) is 1. The van der Waals surface area contributed by atoms with Crippen molar-refractivity contribution in [3.63, 3.8) is 0 Å². The molecule has 0 bridgehead atoms. The minimum atomic E-state index is -4.26. The van der Waals surface area contributed by atoms with E-state index in [4.69, 9.17) is 9.47 Å². The first kappa shape index (κ1) is 32.9. The maximum atomic E-state index is 14.3. The number of nitrogens with one attached hydrogen (secondary N) is 1. The third kappa shape index (κ3) is 7.91. The Morgan fingerprint density at radius 1 is 0.909 bits per heavy atom. The molecule has 0 unspecified atom stereocenters. The Balaban J connectivity index is 1.75. The average molecular weight is 622 g/mol. The van der Waals surface area contributed by atoms with Crippen LogP contribution in [0.1, 0.15) is 55.7 Å². The largest absolute Gasteiger partial charge is 0.497 e. The SMILES string of the molecule is COc1ccc(OC)c(N(CC(=O)N(Cc2cccc(C)c2)[C@H](C)C(=O)NC2CCCCC2)S(=O)(=O)c2ccc(C)cc2)c1. The summed E-state index contributed by atoms with van der Waals surface area (Å²) in [5.74, 6) is -0.139. The third-order valence-electron chi connectivity index (χ3n) is 8.10. The second kappa shape index (κ2) is 14.6. The van der Waals surface area contributed by atoms with Gasteiger partial charge >= 0.3 is 0 Å². The van der Waals surface area contributed by atoms with Crippen molar-refractivity contribution in [1.29, 1.82) is 0 Å².